The first-order valence-corrected chi connectivity index (χ1v) is 6.82. The summed E-state index contributed by atoms with van der Waals surface area (Å²) in [5, 5.41) is 10.4. The lowest BCUT2D eigenvalue weighted by molar-refractivity contribution is -0.111. The summed E-state index contributed by atoms with van der Waals surface area (Å²) in [6, 6.07) is 6.95. The zero-order valence-corrected chi connectivity index (χ0v) is 12.3. The van der Waals surface area contributed by atoms with Crippen LogP contribution in [0.25, 0.3) is 6.08 Å². The lowest BCUT2D eigenvalue weighted by Crippen LogP contribution is -2.07. The van der Waals surface area contributed by atoms with Crippen LogP contribution in [0.3, 0.4) is 0 Å². The molecule has 0 aliphatic rings. The predicted octanol–water partition coefficient (Wildman–Crippen LogP) is 3.93. The molecule has 1 aromatic heterocycles. The predicted molar refractivity (Wildman–Crippen MR) is 82.1 cm³/mol. The van der Waals surface area contributed by atoms with Crippen LogP contribution in [0.4, 0.5) is 5.82 Å². The van der Waals surface area contributed by atoms with Gasteiger partial charge >= 0.3 is 0 Å². The summed E-state index contributed by atoms with van der Waals surface area (Å²) in [7, 11) is 0. The molecule has 0 aliphatic heterocycles. The van der Waals surface area contributed by atoms with Crippen molar-refractivity contribution in [2.24, 2.45) is 0 Å². The van der Waals surface area contributed by atoms with Crippen molar-refractivity contribution in [2.45, 2.75) is 13.3 Å². The number of anilines is 1. The van der Waals surface area contributed by atoms with E-state index in [-0.39, 0.29) is 5.91 Å². The van der Waals surface area contributed by atoms with E-state index >= 15 is 0 Å². The summed E-state index contributed by atoms with van der Waals surface area (Å²) >= 11 is 11.7. The highest BCUT2D eigenvalue weighted by Crippen LogP contribution is 2.23. The van der Waals surface area contributed by atoms with Crippen molar-refractivity contribution in [1.29, 1.82) is 0 Å². The fraction of sp³-hybridized carbons (Fsp3) is 0.143. The van der Waals surface area contributed by atoms with Gasteiger partial charge in [-0.25, -0.2) is 0 Å². The SMILES string of the molecule is CCc1cc(NC(=O)/C=C/c2ccc(Cl)c(Cl)c2)n[nH]1. The maximum absolute atomic E-state index is 11.7. The Balaban J connectivity index is 1.99. The summed E-state index contributed by atoms with van der Waals surface area (Å²) in [4.78, 5) is 11.7. The second kappa shape index (κ2) is 6.59. The molecule has 0 aliphatic carbocycles. The molecule has 1 aromatic carbocycles. The van der Waals surface area contributed by atoms with E-state index in [0.717, 1.165) is 17.7 Å². The van der Waals surface area contributed by atoms with Crippen LogP contribution in [0.2, 0.25) is 10.0 Å². The number of aryl methyl sites for hydroxylation is 1. The molecule has 0 bridgehead atoms. The van der Waals surface area contributed by atoms with E-state index in [2.05, 4.69) is 15.5 Å². The number of rotatable bonds is 4. The Morgan fingerprint density at radius 1 is 1.35 bits per heavy atom. The minimum absolute atomic E-state index is 0.259. The van der Waals surface area contributed by atoms with E-state index in [0.29, 0.717) is 15.9 Å². The second-order valence-electron chi connectivity index (χ2n) is 4.13. The summed E-state index contributed by atoms with van der Waals surface area (Å²) in [5.74, 6) is 0.246. The Bertz CT molecular complexity index is 650. The highest BCUT2D eigenvalue weighted by atomic mass is 35.5. The molecular formula is C14H13Cl2N3O. The molecule has 6 heteroatoms. The smallest absolute Gasteiger partial charge is 0.249 e. The van der Waals surface area contributed by atoms with Crippen LogP contribution >= 0.6 is 23.2 Å². The van der Waals surface area contributed by atoms with E-state index in [1.165, 1.54) is 6.08 Å². The van der Waals surface area contributed by atoms with Gasteiger partial charge in [-0.1, -0.05) is 36.2 Å². The molecule has 0 fully saturated rings. The van der Waals surface area contributed by atoms with Crippen molar-refractivity contribution < 1.29 is 4.79 Å². The summed E-state index contributed by atoms with van der Waals surface area (Å²) in [5.41, 5.74) is 1.76. The summed E-state index contributed by atoms with van der Waals surface area (Å²) in [6.07, 6.45) is 3.91. The van der Waals surface area contributed by atoms with Crippen LogP contribution in [0, 0.1) is 0 Å². The Kier molecular flexibility index (Phi) is 4.82. The summed E-state index contributed by atoms with van der Waals surface area (Å²) in [6.45, 7) is 2.00. The number of aromatic nitrogens is 2. The number of nitrogens with one attached hydrogen (secondary N) is 2. The van der Waals surface area contributed by atoms with Crippen molar-refractivity contribution in [1.82, 2.24) is 10.2 Å². The average Bonchev–Trinajstić information content (AvgIpc) is 2.88. The fourth-order valence-electron chi connectivity index (χ4n) is 1.56. The molecule has 0 saturated carbocycles. The van der Waals surface area contributed by atoms with Crippen molar-refractivity contribution >= 4 is 41.0 Å². The maximum Gasteiger partial charge on any atom is 0.249 e. The summed E-state index contributed by atoms with van der Waals surface area (Å²) < 4.78 is 0. The van der Waals surface area contributed by atoms with E-state index in [1.807, 2.05) is 6.92 Å². The first kappa shape index (κ1) is 14.6. The van der Waals surface area contributed by atoms with Gasteiger partial charge in [0.1, 0.15) is 0 Å². The molecule has 0 saturated heterocycles. The van der Waals surface area contributed by atoms with Gasteiger partial charge in [0.15, 0.2) is 5.82 Å². The number of benzene rings is 1. The molecule has 104 valence electrons. The zero-order valence-electron chi connectivity index (χ0n) is 10.8. The van der Waals surface area contributed by atoms with Gasteiger partial charge in [-0.3, -0.25) is 9.89 Å². The number of hydrogen-bond acceptors (Lipinski definition) is 2. The lowest BCUT2D eigenvalue weighted by Gasteiger charge is -1.98. The molecule has 0 spiro atoms. The fourth-order valence-corrected chi connectivity index (χ4v) is 1.87. The van der Waals surface area contributed by atoms with E-state index in [9.17, 15) is 4.79 Å². The Morgan fingerprint density at radius 3 is 2.80 bits per heavy atom. The van der Waals surface area contributed by atoms with Crippen molar-refractivity contribution in [3.63, 3.8) is 0 Å². The lowest BCUT2D eigenvalue weighted by atomic mass is 10.2. The number of nitrogens with zero attached hydrogens (tertiary/aromatic N) is 1. The molecule has 0 unspecified atom stereocenters. The first-order valence-electron chi connectivity index (χ1n) is 6.07. The average molecular weight is 310 g/mol. The largest absolute Gasteiger partial charge is 0.306 e. The molecule has 4 nitrogen and oxygen atoms in total. The highest BCUT2D eigenvalue weighted by Gasteiger charge is 2.02. The van der Waals surface area contributed by atoms with Gasteiger partial charge in [0.05, 0.1) is 10.0 Å². The van der Waals surface area contributed by atoms with Crippen molar-refractivity contribution in [3.8, 4) is 0 Å². The first-order chi connectivity index (χ1) is 9.58. The standard InChI is InChI=1S/C14H13Cl2N3O/c1-2-10-8-13(19-18-10)17-14(20)6-4-9-3-5-11(15)12(16)7-9/h3-8H,2H2,1H3,(H2,17,18,19,20)/b6-4+. The Hall–Kier alpha value is -1.78. The van der Waals surface area contributed by atoms with Gasteiger partial charge in [0.2, 0.25) is 5.91 Å². The van der Waals surface area contributed by atoms with Crippen LogP contribution in [-0.2, 0) is 11.2 Å². The topological polar surface area (TPSA) is 57.8 Å². The normalized spacial score (nSPS) is 10.9. The van der Waals surface area contributed by atoms with Gasteiger partial charge in [-0.2, -0.15) is 5.10 Å². The third-order valence-electron chi connectivity index (χ3n) is 2.63. The molecular weight excluding hydrogens is 297 g/mol. The van der Waals surface area contributed by atoms with Crippen molar-refractivity contribution in [3.05, 3.63) is 51.6 Å². The van der Waals surface area contributed by atoms with E-state index in [1.54, 1.807) is 30.3 Å². The molecule has 0 radical (unpaired) electrons. The number of amides is 1. The van der Waals surface area contributed by atoms with Gasteiger partial charge in [-0.15, -0.1) is 0 Å². The van der Waals surface area contributed by atoms with Crippen LogP contribution in [0.15, 0.2) is 30.3 Å². The van der Waals surface area contributed by atoms with E-state index in [4.69, 9.17) is 23.2 Å². The number of carbonyl (C=O) groups excluding carboxylic acids is 1. The van der Waals surface area contributed by atoms with E-state index < -0.39 is 0 Å². The zero-order chi connectivity index (χ0) is 14.5. The number of hydrogen-bond donors (Lipinski definition) is 2. The molecule has 1 heterocycles. The molecule has 0 atom stereocenters. The third kappa shape index (κ3) is 3.85. The maximum atomic E-state index is 11.7. The highest BCUT2D eigenvalue weighted by molar-refractivity contribution is 6.42. The quantitative estimate of drug-likeness (QED) is 0.841. The monoisotopic (exact) mass is 309 g/mol. The number of carbonyl (C=O) groups is 1. The van der Waals surface area contributed by atoms with Crippen LogP contribution in [0.1, 0.15) is 18.2 Å². The Labute approximate surface area is 126 Å². The Morgan fingerprint density at radius 2 is 2.15 bits per heavy atom. The molecule has 2 rings (SSSR count). The second-order valence-corrected chi connectivity index (χ2v) is 4.94. The van der Waals surface area contributed by atoms with Gasteiger partial charge in [0.25, 0.3) is 0 Å². The molecule has 2 N–H and O–H groups in total. The van der Waals surface area contributed by atoms with Gasteiger partial charge in [-0.05, 0) is 30.2 Å². The van der Waals surface area contributed by atoms with Gasteiger partial charge in [0, 0.05) is 17.8 Å². The van der Waals surface area contributed by atoms with Crippen molar-refractivity contribution in [2.75, 3.05) is 5.32 Å². The number of aromatic amines is 1. The van der Waals surface area contributed by atoms with Gasteiger partial charge < -0.3 is 5.32 Å². The number of halogens is 2. The number of H-pyrrole nitrogens is 1. The van der Waals surface area contributed by atoms with Crippen LogP contribution in [0.5, 0.6) is 0 Å². The van der Waals surface area contributed by atoms with Crippen LogP contribution < -0.4 is 5.32 Å². The van der Waals surface area contributed by atoms with Crippen LogP contribution in [-0.4, -0.2) is 16.1 Å². The molecule has 20 heavy (non-hydrogen) atoms. The molecule has 1 amide bonds. The molecule has 2 aromatic rings. The third-order valence-corrected chi connectivity index (χ3v) is 3.37. The minimum atomic E-state index is -0.259. The minimum Gasteiger partial charge on any atom is -0.306 e.